The van der Waals surface area contributed by atoms with Crippen LogP contribution >= 0.6 is 34.0 Å². The van der Waals surface area contributed by atoms with E-state index in [9.17, 15) is 93.7 Å². The van der Waals surface area contributed by atoms with Crippen molar-refractivity contribution in [3.05, 3.63) is 156 Å². The van der Waals surface area contributed by atoms with Crippen LogP contribution in [-0.2, 0) is 155 Å². The highest BCUT2D eigenvalue weighted by Gasteiger charge is 2.55. The normalized spacial score (nSPS) is 17.9. The average molecular weight is 2310 g/mol. The number of hydrogen-bond acceptors (Lipinski definition) is 39. The van der Waals surface area contributed by atoms with E-state index in [-0.39, 0.29) is 79.2 Å². The maximum absolute atomic E-state index is 13.5. The number of nitrogens with one attached hydrogen (secondary N) is 5. The monoisotopic (exact) mass is 2310 g/mol. The summed E-state index contributed by atoms with van der Waals surface area (Å²) in [6.07, 6.45) is -10.9. The maximum atomic E-state index is 13.5. The fraction of sp³-hybridized carbons (Fsp3) is 0.531. The Morgan fingerprint density at radius 1 is 0.400 bits per heavy atom. The van der Waals surface area contributed by atoms with E-state index in [1.807, 2.05) is 147 Å². The summed E-state index contributed by atoms with van der Waals surface area (Å²) in [5.41, 5.74) is 1.04. The smallest absolute Gasteiger partial charge is 0.347 e. The first kappa shape index (κ1) is 129. The molecule has 0 spiro atoms. The van der Waals surface area contributed by atoms with Crippen molar-refractivity contribution in [1.29, 1.82) is 0 Å². The number of ether oxygens (including phenoxy) is 9. The number of carboxylic acid groups (broad SMARTS) is 1. The van der Waals surface area contributed by atoms with Crippen molar-refractivity contribution < 1.29 is 155 Å². The van der Waals surface area contributed by atoms with Crippen molar-refractivity contribution in [1.82, 2.24) is 38.3 Å². The first-order valence-electron chi connectivity index (χ1n) is 47.5. The van der Waals surface area contributed by atoms with Crippen molar-refractivity contribution in [2.45, 2.75) is 260 Å². The van der Waals surface area contributed by atoms with Gasteiger partial charge >= 0.3 is 41.8 Å². The second kappa shape index (κ2) is 56.3. The molecule has 3 aromatic heterocycles. The number of sulfonamides is 6. The van der Waals surface area contributed by atoms with Crippen molar-refractivity contribution in [2.24, 2.45) is 5.14 Å². The summed E-state index contributed by atoms with van der Waals surface area (Å²) in [5.74, 6) is -9.48. The van der Waals surface area contributed by atoms with Crippen molar-refractivity contribution >= 4 is 185 Å². The summed E-state index contributed by atoms with van der Waals surface area (Å²) in [4.78, 5) is 111. The number of fused-ring (bicyclic) bond motifs is 3. The van der Waals surface area contributed by atoms with Gasteiger partial charge < -0.3 is 77.6 Å². The van der Waals surface area contributed by atoms with Gasteiger partial charge in [-0.05, 0) is 150 Å². The van der Waals surface area contributed by atoms with Crippen molar-refractivity contribution in [3.8, 4) is 0 Å². The maximum Gasteiger partial charge on any atom is 0.347 e. The van der Waals surface area contributed by atoms with Gasteiger partial charge in [-0.3, -0.25) is 9.59 Å². The van der Waals surface area contributed by atoms with Gasteiger partial charge in [0.15, 0.2) is 36.6 Å². The molecule has 0 fully saturated rings. The lowest BCUT2D eigenvalue weighted by Gasteiger charge is -2.44. The largest absolute Gasteiger partial charge is 0.479 e. The van der Waals surface area contributed by atoms with Gasteiger partial charge in [0.1, 0.15) is 43.6 Å². The van der Waals surface area contributed by atoms with Gasteiger partial charge in [0.05, 0.1) is 0 Å². The lowest BCUT2D eigenvalue weighted by atomic mass is 10.1. The van der Waals surface area contributed by atoms with Crippen LogP contribution < -0.4 is 51.3 Å². The molecule has 9 N–H and O–H groups in total. The molecule has 3 aliphatic heterocycles. The Hall–Kier alpha value is -9.18. The minimum Gasteiger partial charge on any atom is -0.479 e. The number of primary sulfonamides is 1. The van der Waals surface area contributed by atoms with E-state index in [2.05, 4.69) is 62.2 Å². The number of amides is 2. The Bertz CT molecular complexity index is 6380. The van der Waals surface area contributed by atoms with Gasteiger partial charge in [0, 0.05) is 115 Å². The Morgan fingerprint density at radius 2 is 0.640 bits per heavy atom. The Balaban J connectivity index is 0.000000318. The average Bonchev–Trinajstić information content (AvgIpc) is 1.44. The number of aliphatic carboxylic acids is 1. The molecule has 12 atom stereocenters. The highest BCUT2D eigenvalue weighted by atomic mass is 32.3. The molecular weight excluding hydrogens is 2170 g/mol. The highest BCUT2D eigenvalue weighted by Crippen LogP contribution is 2.45. The second-order valence-electron chi connectivity index (χ2n) is 36.7. The summed E-state index contributed by atoms with van der Waals surface area (Å²) in [6.45, 7) is 33.5. The molecule has 54 heteroatoms. The molecule has 4 aromatic carbocycles. The number of nitrogens with zero attached hydrogens (tertiary/aromatic N) is 3. The molecule has 7 aromatic rings. The van der Waals surface area contributed by atoms with E-state index >= 15 is 0 Å². The standard InChI is InChI=1S/C37H51N3O11S3Si.C25H32O7Si.C21H33N3O11S3.C12H21N3O5S3.CH4/c1-9-38-31-24-40(21-16-22-48-8)54(46,47)36-30(31)23-32(52-36)53(44,45)39-33(41)25(2)49-34(42)26(3)50-35(43)27(4)51-55(37(5,6)7,28-17-12-10-13-18-28)29-19-14-11-15-20-29;1-17(22(26)27)30-23(28)18(2)31-24(29)19(3)32-33(25(4,5)6,20-13-9-7-10-14-20)21-15-11-8-12-16-21;1-6-22-16-11-24(8-7-9-33-5)38(31,32)21-15(16)10-17(36-21)37(29,30)23-18(26)13(3)34-20(28)14(4)35-19(27)12(2)25;1-3-14-10-8-15(5-4-6-20-2)23(18,19)12-9(10)7-11(21-12)22(13,16)17;/h10-15,17-20,23,25-27,31,38H,9,16,21-22,24H2,1-8H3,(H,39,41);7-19H,1-6H3,(H,26,27);10,12-14,16,22,25H,6-9,11H2,1-5H3,(H,23,26);7,10,14H,3-6,8H2,1-2H3,(H2,13,16,17);1H4/t25-,26-,27-,31-;17-,18-,19+;12-,13-,14-,16-;10-;/m0100./s1. The zero-order valence-corrected chi connectivity index (χ0v) is 96.2. The number of hydrogen-bond donors (Lipinski definition) is 8. The minimum atomic E-state index is -4.59. The number of carbonyl (C=O) groups excluding carboxylic acids is 8. The fourth-order valence-corrected chi connectivity index (χ4v) is 39.4. The van der Waals surface area contributed by atoms with Crippen LogP contribution in [-0.4, -0.2) is 299 Å². The number of nitrogens with two attached hydrogens (primary N) is 1. The van der Waals surface area contributed by atoms with E-state index in [1.54, 1.807) is 25.7 Å². The summed E-state index contributed by atoms with van der Waals surface area (Å²) >= 11 is 1.75. The molecule has 3 aliphatic rings. The predicted molar refractivity (Wildman–Crippen MR) is 566 cm³/mol. The quantitative estimate of drug-likeness (QED) is 0.00913. The van der Waals surface area contributed by atoms with E-state index < -0.39 is 211 Å². The molecule has 0 radical (unpaired) electrons. The molecule has 0 aliphatic carbocycles. The third-order valence-electron chi connectivity index (χ3n) is 23.4. The molecule has 6 heterocycles. The number of aliphatic hydroxyl groups excluding tert-OH is 1. The molecule has 43 nitrogen and oxygen atoms in total. The van der Waals surface area contributed by atoms with Gasteiger partial charge in [0.2, 0.25) is 10.0 Å². The van der Waals surface area contributed by atoms with E-state index in [4.69, 9.17) is 62.1 Å². The number of likely N-dealkylation sites (N-methyl/N-ethyl adjacent to an activating group) is 3. The van der Waals surface area contributed by atoms with Crippen LogP contribution in [0.3, 0.4) is 0 Å². The summed E-state index contributed by atoms with van der Waals surface area (Å²) in [6, 6.07) is 41.6. The van der Waals surface area contributed by atoms with E-state index in [1.165, 1.54) is 66.1 Å². The lowest BCUT2D eigenvalue weighted by molar-refractivity contribution is -0.177. The molecule has 2 amide bonds. The molecule has 0 bridgehead atoms. The predicted octanol–water partition coefficient (Wildman–Crippen LogP) is 6.18. The number of benzene rings is 4. The zero-order valence-electron chi connectivity index (χ0n) is 86.9. The first-order chi connectivity index (χ1) is 69.6. The minimum absolute atomic E-state index is 0. The fourth-order valence-electron chi connectivity index (χ4n) is 15.9. The number of carboxylic acids is 1. The molecule has 0 saturated heterocycles. The van der Waals surface area contributed by atoms with Gasteiger partial charge in [-0.2, -0.15) is 12.9 Å². The third-order valence-corrected chi connectivity index (χ3v) is 49.3. The van der Waals surface area contributed by atoms with Crippen LogP contribution in [0.1, 0.15) is 186 Å². The van der Waals surface area contributed by atoms with E-state index in [0.29, 0.717) is 105 Å². The third kappa shape index (κ3) is 33.0. The van der Waals surface area contributed by atoms with Crippen LogP contribution in [0.2, 0.25) is 10.1 Å². The Morgan fingerprint density at radius 3 is 0.880 bits per heavy atom. The number of aliphatic hydroxyl groups is 1. The Kier molecular flexibility index (Phi) is 48.6. The number of carbonyl (C=O) groups is 9. The second-order valence-corrected chi connectivity index (χ2v) is 60.4. The Labute approximate surface area is 893 Å². The molecule has 0 saturated carbocycles. The summed E-state index contributed by atoms with van der Waals surface area (Å²) in [7, 11) is -26.3. The van der Waals surface area contributed by atoms with Gasteiger partial charge in [-0.1, -0.05) is 191 Å². The topological polar surface area (TPSA) is 596 Å². The molecule has 10 rings (SSSR count). The van der Waals surface area contributed by atoms with Crippen LogP contribution in [0.5, 0.6) is 0 Å². The first-order valence-corrected chi connectivity index (χ1v) is 62.6. The van der Waals surface area contributed by atoms with Gasteiger partial charge in [-0.15, -0.1) is 34.0 Å². The molecule has 150 heavy (non-hydrogen) atoms. The van der Waals surface area contributed by atoms with Crippen LogP contribution in [0, 0.1) is 0 Å². The number of methoxy groups -OCH3 is 3. The van der Waals surface area contributed by atoms with Gasteiger partial charge in [-0.25, -0.2) is 98.7 Å². The van der Waals surface area contributed by atoms with Crippen LogP contribution in [0.25, 0.3) is 0 Å². The molecule has 836 valence electrons. The van der Waals surface area contributed by atoms with Crippen molar-refractivity contribution in [3.63, 3.8) is 0 Å². The molecule has 0 unspecified atom stereocenters. The van der Waals surface area contributed by atoms with Gasteiger partial charge in [0.25, 0.3) is 78.6 Å². The highest BCUT2D eigenvalue weighted by molar-refractivity contribution is 7.95. The lowest BCUT2D eigenvalue weighted by Crippen LogP contribution is -2.68. The molecular formula is C96H141N9O34S9Si2. The zero-order chi connectivity index (χ0) is 112. The number of rotatable bonds is 46. The van der Waals surface area contributed by atoms with E-state index in [0.717, 1.165) is 48.4 Å². The number of thiophene rings is 3. The number of esters is 6. The van der Waals surface area contributed by atoms with Crippen LogP contribution in [0.15, 0.2) is 165 Å². The summed E-state index contributed by atoms with van der Waals surface area (Å²) < 4.78 is 220. The van der Waals surface area contributed by atoms with Crippen LogP contribution in [0.4, 0.5) is 0 Å². The SMILES string of the molecule is C.CCN[C@H]1CN(CCCOC)S(=O)(=O)c2sc(S(=O)(=O)NC(=O)[C@H](C)OC(=O)[C@H](C)OC(=O)[C@H](C)O)cc21.CCN[C@H]1CN(CCCOC)S(=O)(=O)c2sc(S(=O)(=O)NC(=O)[C@H](C)OC(=O)[C@H](C)OC(=O)[C@H](C)O[Si](c3ccccc3)(c3ccccc3)C(C)(C)C)cc21.CCN[C@H]1CN(CCCOC)S(=O)(=O)c2sc(S(N)(=O)=O)cc21.C[C@H](O[Si](c1ccccc1)(c1ccccc1)C(C)(C)C)C(=O)O[C@H](C)C(=O)O[C@H](C)C(=O)O. The van der Waals surface area contributed by atoms with Crippen molar-refractivity contribution in [2.75, 3.05) is 100 Å². The summed E-state index contributed by atoms with van der Waals surface area (Å²) in [5, 5.41) is 35.9.